The molecule has 2 aromatic heterocycles. The van der Waals surface area contributed by atoms with Crippen LogP contribution < -0.4 is 5.32 Å². The number of aryl methyl sites for hydroxylation is 1. The molecule has 0 unspecified atom stereocenters. The van der Waals surface area contributed by atoms with Crippen LogP contribution in [0.15, 0.2) is 42.6 Å². The van der Waals surface area contributed by atoms with Gasteiger partial charge in [-0.3, -0.25) is 4.79 Å². The second-order valence-electron chi connectivity index (χ2n) is 7.14. The first-order valence-corrected chi connectivity index (χ1v) is 9.27. The Labute approximate surface area is 162 Å². The number of carbonyl (C=O) groups is 1. The summed E-state index contributed by atoms with van der Waals surface area (Å²) in [4.78, 5) is 17.3. The number of halogens is 1. The molecule has 1 saturated heterocycles. The number of aliphatic hydroxyl groups is 1. The summed E-state index contributed by atoms with van der Waals surface area (Å²) in [5.74, 6) is -0.604. The third-order valence-corrected chi connectivity index (χ3v) is 5.11. The van der Waals surface area contributed by atoms with E-state index in [4.69, 9.17) is 4.74 Å². The molecular formula is C21H22FN3O3. The van der Waals surface area contributed by atoms with Gasteiger partial charge in [0.05, 0.1) is 18.8 Å². The Kier molecular flexibility index (Phi) is 5.11. The van der Waals surface area contributed by atoms with E-state index in [0.717, 1.165) is 16.5 Å². The Hall–Kier alpha value is -2.77. The molecule has 28 heavy (non-hydrogen) atoms. The van der Waals surface area contributed by atoms with Gasteiger partial charge in [0.2, 0.25) is 0 Å². The Morgan fingerprint density at radius 1 is 1.36 bits per heavy atom. The van der Waals surface area contributed by atoms with E-state index >= 15 is 0 Å². The maximum atomic E-state index is 13.2. The predicted octanol–water partition coefficient (Wildman–Crippen LogP) is 2.18. The Balaban J connectivity index is 1.65. The molecule has 0 aliphatic carbocycles. The van der Waals surface area contributed by atoms with Gasteiger partial charge < -0.3 is 19.7 Å². The summed E-state index contributed by atoms with van der Waals surface area (Å²) in [7, 11) is 1.88. The fraction of sp³-hybridized carbons (Fsp3) is 0.333. The molecule has 0 radical (unpaired) electrons. The van der Waals surface area contributed by atoms with E-state index in [1.807, 2.05) is 23.9 Å². The molecule has 3 aromatic rings. The van der Waals surface area contributed by atoms with Crippen molar-refractivity contribution >= 4 is 16.9 Å². The highest BCUT2D eigenvalue weighted by Gasteiger charge is 2.26. The third-order valence-electron chi connectivity index (χ3n) is 5.11. The second kappa shape index (κ2) is 7.69. The van der Waals surface area contributed by atoms with Crippen LogP contribution in [0.3, 0.4) is 0 Å². The van der Waals surface area contributed by atoms with E-state index in [9.17, 15) is 14.3 Å². The van der Waals surface area contributed by atoms with Gasteiger partial charge >= 0.3 is 0 Å². The lowest BCUT2D eigenvalue weighted by molar-refractivity contribution is -0.0261. The summed E-state index contributed by atoms with van der Waals surface area (Å²) in [6, 6.07) is 9.72. The van der Waals surface area contributed by atoms with Crippen LogP contribution in [0.2, 0.25) is 0 Å². The summed E-state index contributed by atoms with van der Waals surface area (Å²) < 4.78 is 20.3. The van der Waals surface area contributed by atoms with Gasteiger partial charge in [0.15, 0.2) is 0 Å². The van der Waals surface area contributed by atoms with Crippen molar-refractivity contribution in [2.24, 2.45) is 7.05 Å². The first-order valence-electron chi connectivity index (χ1n) is 9.27. The van der Waals surface area contributed by atoms with Gasteiger partial charge in [0, 0.05) is 25.2 Å². The highest BCUT2D eigenvalue weighted by molar-refractivity contribution is 5.95. The number of rotatable bonds is 4. The van der Waals surface area contributed by atoms with Crippen molar-refractivity contribution in [3.63, 3.8) is 0 Å². The van der Waals surface area contributed by atoms with E-state index in [0.29, 0.717) is 30.8 Å². The predicted molar refractivity (Wildman–Crippen MR) is 103 cm³/mol. The van der Waals surface area contributed by atoms with Crippen LogP contribution in [-0.4, -0.2) is 45.9 Å². The number of carbonyl (C=O) groups excluding carboxylic acids is 1. The van der Waals surface area contributed by atoms with Crippen LogP contribution in [0, 0.1) is 5.82 Å². The topological polar surface area (TPSA) is 76.4 Å². The second-order valence-corrected chi connectivity index (χ2v) is 7.14. The van der Waals surface area contributed by atoms with Crippen LogP contribution in [0.4, 0.5) is 4.39 Å². The number of nitrogens with one attached hydrogen (secondary N) is 1. The largest absolute Gasteiger partial charge is 0.389 e. The standard InChI is InChI=1S/C21H22FN3O3/c1-25-8-6-16-14(10-13-2-4-15(22)5-3-13)11-18(23-20(16)25)21(27)24-17-7-9-28-12-19(17)26/h2-6,8,11,17,19,26H,7,9-10,12H2,1H3,(H,24,27)/t17-,19+/m0/s1. The van der Waals surface area contributed by atoms with Crippen molar-refractivity contribution in [2.45, 2.75) is 25.0 Å². The zero-order chi connectivity index (χ0) is 19.7. The molecular weight excluding hydrogens is 361 g/mol. The van der Waals surface area contributed by atoms with Gasteiger partial charge in [-0.05, 0) is 48.2 Å². The van der Waals surface area contributed by atoms with Crippen LogP contribution in [0.1, 0.15) is 28.0 Å². The maximum absolute atomic E-state index is 13.2. The molecule has 0 spiro atoms. The fourth-order valence-electron chi connectivity index (χ4n) is 3.52. The number of amides is 1. The number of fused-ring (bicyclic) bond motifs is 1. The van der Waals surface area contributed by atoms with Gasteiger partial charge in [0.25, 0.3) is 5.91 Å². The SMILES string of the molecule is Cn1ccc2c(Cc3ccc(F)cc3)cc(C(=O)N[C@H]3CCOC[C@H]3O)nc21. The molecule has 4 rings (SSSR count). The molecule has 1 aromatic carbocycles. The summed E-state index contributed by atoms with van der Waals surface area (Å²) in [5.41, 5.74) is 2.89. The Morgan fingerprint density at radius 3 is 2.89 bits per heavy atom. The number of aliphatic hydroxyl groups excluding tert-OH is 1. The molecule has 1 aliphatic rings. The molecule has 0 bridgehead atoms. The molecule has 1 fully saturated rings. The quantitative estimate of drug-likeness (QED) is 0.724. The smallest absolute Gasteiger partial charge is 0.270 e. The molecule has 146 valence electrons. The number of benzene rings is 1. The van der Waals surface area contributed by atoms with Crippen LogP contribution in [0.25, 0.3) is 11.0 Å². The number of pyridine rings is 1. The molecule has 1 aliphatic heterocycles. The highest BCUT2D eigenvalue weighted by Crippen LogP contribution is 2.23. The van der Waals surface area contributed by atoms with E-state index < -0.39 is 6.10 Å². The first kappa shape index (κ1) is 18.6. The number of hydrogen-bond donors (Lipinski definition) is 2. The van der Waals surface area contributed by atoms with Crippen molar-refractivity contribution in [3.8, 4) is 0 Å². The minimum absolute atomic E-state index is 0.213. The minimum Gasteiger partial charge on any atom is -0.389 e. The Morgan fingerprint density at radius 2 is 2.14 bits per heavy atom. The van der Waals surface area contributed by atoms with Crippen LogP contribution in [-0.2, 0) is 18.2 Å². The van der Waals surface area contributed by atoms with Crippen molar-refractivity contribution in [1.82, 2.24) is 14.9 Å². The third kappa shape index (κ3) is 3.76. The molecule has 7 heteroatoms. The molecule has 6 nitrogen and oxygen atoms in total. The van der Waals surface area contributed by atoms with Crippen molar-refractivity contribution < 1.29 is 19.0 Å². The zero-order valence-electron chi connectivity index (χ0n) is 15.6. The fourth-order valence-corrected chi connectivity index (χ4v) is 3.52. The van der Waals surface area contributed by atoms with E-state index in [1.165, 1.54) is 12.1 Å². The summed E-state index contributed by atoms with van der Waals surface area (Å²) in [6.45, 7) is 0.715. The number of ether oxygens (including phenoxy) is 1. The van der Waals surface area contributed by atoms with Gasteiger partial charge in [0.1, 0.15) is 17.2 Å². The summed E-state index contributed by atoms with van der Waals surface area (Å²) >= 11 is 0. The van der Waals surface area contributed by atoms with E-state index in [1.54, 1.807) is 18.2 Å². The van der Waals surface area contributed by atoms with Crippen LogP contribution >= 0.6 is 0 Å². The van der Waals surface area contributed by atoms with E-state index in [2.05, 4.69) is 10.3 Å². The molecule has 2 N–H and O–H groups in total. The van der Waals surface area contributed by atoms with Crippen molar-refractivity contribution in [1.29, 1.82) is 0 Å². The zero-order valence-corrected chi connectivity index (χ0v) is 15.6. The summed E-state index contributed by atoms with van der Waals surface area (Å²) in [5, 5.41) is 13.8. The number of nitrogens with zero attached hydrogens (tertiary/aromatic N) is 2. The average Bonchev–Trinajstić information content (AvgIpc) is 3.07. The molecule has 0 saturated carbocycles. The number of aromatic nitrogens is 2. The van der Waals surface area contributed by atoms with Gasteiger partial charge in [-0.15, -0.1) is 0 Å². The first-order chi connectivity index (χ1) is 13.5. The highest BCUT2D eigenvalue weighted by atomic mass is 19.1. The molecule has 1 amide bonds. The van der Waals surface area contributed by atoms with Gasteiger partial charge in [-0.2, -0.15) is 0 Å². The lowest BCUT2D eigenvalue weighted by atomic mass is 10.0. The van der Waals surface area contributed by atoms with Crippen molar-refractivity contribution in [3.05, 3.63) is 65.2 Å². The minimum atomic E-state index is -0.727. The normalized spacial score (nSPS) is 19.7. The lowest BCUT2D eigenvalue weighted by Gasteiger charge is -2.28. The van der Waals surface area contributed by atoms with E-state index in [-0.39, 0.29) is 24.4 Å². The van der Waals surface area contributed by atoms with Gasteiger partial charge in [-0.1, -0.05) is 12.1 Å². The maximum Gasteiger partial charge on any atom is 0.270 e. The monoisotopic (exact) mass is 383 g/mol. The number of hydrogen-bond acceptors (Lipinski definition) is 4. The van der Waals surface area contributed by atoms with Gasteiger partial charge in [-0.25, -0.2) is 9.37 Å². The van der Waals surface area contributed by atoms with Crippen molar-refractivity contribution in [2.75, 3.05) is 13.2 Å². The molecule has 2 atom stereocenters. The lowest BCUT2D eigenvalue weighted by Crippen LogP contribution is -2.48. The Bertz CT molecular complexity index is 1000. The van der Waals surface area contributed by atoms with Crippen LogP contribution in [0.5, 0.6) is 0 Å². The summed E-state index contributed by atoms with van der Waals surface area (Å²) in [6.07, 6.45) is 2.29. The average molecular weight is 383 g/mol. The molecule has 3 heterocycles.